The van der Waals surface area contributed by atoms with Gasteiger partial charge in [0.15, 0.2) is 0 Å². The molecule has 1 aliphatic heterocycles. The van der Waals surface area contributed by atoms with Gasteiger partial charge in [0, 0.05) is 25.9 Å². The Bertz CT molecular complexity index is 867. The molecule has 162 valence electrons. The topological polar surface area (TPSA) is 38.8 Å². The normalized spacial score (nSPS) is 15.7. The number of benzene rings is 2. The van der Waals surface area contributed by atoms with Gasteiger partial charge < -0.3 is 14.4 Å². The van der Waals surface area contributed by atoms with Crippen LogP contribution in [0.15, 0.2) is 42.5 Å². The minimum atomic E-state index is -4.35. The first-order valence-electron chi connectivity index (χ1n) is 10.0. The first-order valence-corrected chi connectivity index (χ1v) is 10.0. The summed E-state index contributed by atoms with van der Waals surface area (Å²) in [6, 6.07) is 13.8. The average molecular weight is 421 g/mol. The van der Waals surface area contributed by atoms with E-state index in [0.717, 1.165) is 28.0 Å². The van der Waals surface area contributed by atoms with Gasteiger partial charge in [-0.1, -0.05) is 42.0 Å². The number of rotatable bonds is 2. The van der Waals surface area contributed by atoms with E-state index >= 15 is 0 Å². The van der Waals surface area contributed by atoms with Crippen LogP contribution >= 0.6 is 0 Å². The number of aryl methyl sites for hydroxylation is 1. The van der Waals surface area contributed by atoms with Crippen LogP contribution in [0.5, 0.6) is 5.75 Å². The van der Waals surface area contributed by atoms with Crippen LogP contribution in [0, 0.1) is 6.92 Å². The van der Waals surface area contributed by atoms with Crippen molar-refractivity contribution in [1.82, 2.24) is 4.90 Å². The lowest BCUT2D eigenvalue weighted by atomic mass is 10.00. The molecule has 0 fully saturated rings. The standard InChI is InChI=1S/C23H26F3NO3/c1-17-5-6-21-20(13-17)15-18-3-2-4-19(14-18)16-27(9-10-29-11-12-30-21)22(28)7-8-23(24,25)26/h2-6,13-14H,7-12,15-16H2,1H3. The first-order chi connectivity index (χ1) is 14.3. The largest absolute Gasteiger partial charge is 0.491 e. The fourth-order valence-electron chi connectivity index (χ4n) is 3.45. The zero-order chi connectivity index (χ0) is 21.6. The maximum absolute atomic E-state index is 12.5. The maximum Gasteiger partial charge on any atom is 0.389 e. The Morgan fingerprint density at radius 1 is 1.07 bits per heavy atom. The molecule has 1 amide bonds. The van der Waals surface area contributed by atoms with Crippen LogP contribution in [0.25, 0.3) is 0 Å². The summed E-state index contributed by atoms with van der Waals surface area (Å²) in [4.78, 5) is 13.9. The zero-order valence-electron chi connectivity index (χ0n) is 17.0. The first kappa shape index (κ1) is 22.2. The van der Waals surface area contributed by atoms with E-state index in [2.05, 4.69) is 6.07 Å². The highest BCUT2D eigenvalue weighted by atomic mass is 19.4. The van der Waals surface area contributed by atoms with Crippen LogP contribution in [0.4, 0.5) is 13.2 Å². The predicted molar refractivity (Wildman–Crippen MR) is 107 cm³/mol. The van der Waals surface area contributed by atoms with E-state index in [9.17, 15) is 18.0 Å². The molecule has 1 heterocycles. The molecule has 30 heavy (non-hydrogen) atoms. The third-order valence-electron chi connectivity index (χ3n) is 4.94. The van der Waals surface area contributed by atoms with Gasteiger partial charge in [-0.2, -0.15) is 13.2 Å². The smallest absolute Gasteiger partial charge is 0.389 e. The Labute approximate surface area is 174 Å². The number of halogens is 3. The van der Waals surface area contributed by atoms with E-state index in [-0.39, 0.29) is 19.7 Å². The SMILES string of the molecule is Cc1ccc2c(c1)Cc1cccc(c1)CN(C(=O)CCC(F)(F)F)CCOCCO2. The Morgan fingerprint density at radius 2 is 1.87 bits per heavy atom. The number of fused-ring (bicyclic) bond motifs is 3. The van der Waals surface area contributed by atoms with Gasteiger partial charge in [-0.15, -0.1) is 0 Å². The molecule has 0 spiro atoms. The highest BCUT2D eigenvalue weighted by molar-refractivity contribution is 5.76. The van der Waals surface area contributed by atoms with Crippen molar-refractivity contribution in [3.05, 3.63) is 64.7 Å². The third kappa shape index (κ3) is 6.76. The molecule has 0 unspecified atom stereocenters. The van der Waals surface area contributed by atoms with E-state index in [1.807, 2.05) is 43.3 Å². The van der Waals surface area contributed by atoms with Crippen molar-refractivity contribution in [2.75, 3.05) is 26.4 Å². The summed E-state index contributed by atoms with van der Waals surface area (Å²) in [6.45, 7) is 3.44. The number of hydrogen-bond acceptors (Lipinski definition) is 3. The van der Waals surface area contributed by atoms with Gasteiger partial charge >= 0.3 is 6.18 Å². The number of alkyl halides is 3. The van der Waals surface area contributed by atoms with Crippen LogP contribution in [0.1, 0.15) is 35.1 Å². The molecule has 0 aliphatic carbocycles. The number of carbonyl (C=O) groups is 1. The lowest BCUT2D eigenvalue weighted by Crippen LogP contribution is -2.34. The van der Waals surface area contributed by atoms with Crippen LogP contribution < -0.4 is 4.74 Å². The molecule has 0 saturated heterocycles. The third-order valence-corrected chi connectivity index (χ3v) is 4.94. The fourth-order valence-corrected chi connectivity index (χ4v) is 3.45. The van der Waals surface area contributed by atoms with Gasteiger partial charge in [0.1, 0.15) is 12.4 Å². The van der Waals surface area contributed by atoms with E-state index in [0.29, 0.717) is 19.6 Å². The van der Waals surface area contributed by atoms with Crippen LogP contribution in [-0.2, 0) is 22.5 Å². The van der Waals surface area contributed by atoms with Crippen molar-refractivity contribution in [3.8, 4) is 5.75 Å². The molecule has 2 bridgehead atoms. The summed E-state index contributed by atoms with van der Waals surface area (Å²) >= 11 is 0. The molecule has 3 rings (SSSR count). The number of carbonyl (C=O) groups excluding carboxylic acids is 1. The fraction of sp³-hybridized carbons (Fsp3) is 0.435. The van der Waals surface area contributed by atoms with Crippen LogP contribution in [0.2, 0.25) is 0 Å². The summed E-state index contributed by atoms with van der Waals surface area (Å²) in [5.74, 6) is 0.293. The van der Waals surface area contributed by atoms with E-state index in [4.69, 9.17) is 9.47 Å². The lowest BCUT2D eigenvalue weighted by Gasteiger charge is -2.24. The second-order valence-electron chi connectivity index (χ2n) is 7.50. The van der Waals surface area contributed by atoms with Crippen molar-refractivity contribution in [3.63, 3.8) is 0 Å². The maximum atomic E-state index is 12.5. The molecule has 0 saturated carbocycles. The summed E-state index contributed by atoms with van der Waals surface area (Å²) in [7, 11) is 0. The Hall–Kier alpha value is -2.54. The molecule has 2 aromatic rings. The Morgan fingerprint density at radius 3 is 2.67 bits per heavy atom. The van der Waals surface area contributed by atoms with Crippen molar-refractivity contribution in [2.24, 2.45) is 0 Å². The highest BCUT2D eigenvalue weighted by Crippen LogP contribution is 2.25. The van der Waals surface area contributed by atoms with E-state index in [1.165, 1.54) is 4.90 Å². The molecule has 0 aromatic heterocycles. The number of ether oxygens (including phenoxy) is 2. The monoisotopic (exact) mass is 421 g/mol. The van der Waals surface area contributed by atoms with Crippen LogP contribution in [0.3, 0.4) is 0 Å². The van der Waals surface area contributed by atoms with Gasteiger partial charge in [0.05, 0.1) is 19.6 Å². The molecular formula is C23H26F3NO3. The minimum Gasteiger partial charge on any atom is -0.491 e. The Kier molecular flexibility index (Phi) is 7.37. The second-order valence-corrected chi connectivity index (χ2v) is 7.50. The quantitative estimate of drug-likeness (QED) is 0.708. The van der Waals surface area contributed by atoms with E-state index in [1.54, 1.807) is 0 Å². The van der Waals surface area contributed by atoms with Gasteiger partial charge in [0.2, 0.25) is 5.91 Å². The molecule has 1 aliphatic rings. The summed E-state index contributed by atoms with van der Waals surface area (Å²) < 4.78 is 49.1. The molecule has 7 heteroatoms. The molecular weight excluding hydrogens is 395 g/mol. The molecule has 2 aromatic carbocycles. The van der Waals surface area contributed by atoms with Gasteiger partial charge in [-0.05, 0) is 29.7 Å². The minimum absolute atomic E-state index is 0.233. The molecule has 4 nitrogen and oxygen atoms in total. The number of hydrogen-bond donors (Lipinski definition) is 0. The average Bonchev–Trinajstić information content (AvgIpc) is 2.68. The van der Waals surface area contributed by atoms with Gasteiger partial charge in [-0.25, -0.2) is 0 Å². The van der Waals surface area contributed by atoms with Crippen molar-refractivity contribution in [2.45, 2.75) is 38.9 Å². The summed E-state index contributed by atoms with van der Waals surface area (Å²) in [6.07, 6.45) is -5.36. The molecule has 0 atom stereocenters. The number of amides is 1. The lowest BCUT2D eigenvalue weighted by molar-refractivity contribution is -0.149. The van der Waals surface area contributed by atoms with E-state index < -0.39 is 24.9 Å². The Balaban J connectivity index is 1.81. The summed E-state index contributed by atoms with van der Waals surface area (Å²) in [5.41, 5.74) is 4.12. The summed E-state index contributed by atoms with van der Waals surface area (Å²) in [5, 5.41) is 0. The van der Waals surface area contributed by atoms with Gasteiger partial charge in [0.25, 0.3) is 0 Å². The van der Waals surface area contributed by atoms with Crippen molar-refractivity contribution in [1.29, 1.82) is 0 Å². The van der Waals surface area contributed by atoms with Crippen molar-refractivity contribution >= 4 is 5.91 Å². The van der Waals surface area contributed by atoms with Crippen LogP contribution in [-0.4, -0.2) is 43.3 Å². The zero-order valence-corrected chi connectivity index (χ0v) is 17.0. The highest BCUT2D eigenvalue weighted by Gasteiger charge is 2.29. The molecule has 0 radical (unpaired) electrons. The predicted octanol–water partition coefficient (Wildman–Crippen LogP) is 4.67. The van der Waals surface area contributed by atoms with Gasteiger partial charge in [-0.3, -0.25) is 4.79 Å². The number of nitrogens with zero attached hydrogens (tertiary/aromatic N) is 1. The molecule has 0 N–H and O–H groups in total. The second kappa shape index (κ2) is 9.98. The van der Waals surface area contributed by atoms with Crippen molar-refractivity contribution < 1.29 is 27.4 Å².